The van der Waals surface area contributed by atoms with Crippen molar-refractivity contribution in [2.45, 2.75) is 39.8 Å². The Morgan fingerprint density at radius 3 is 2.67 bits per heavy atom. The second-order valence-electron chi connectivity index (χ2n) is 4.24. The van der Waals surface area contributed by atoms with E-state index in [4.69, 9.17) is 0 Å². The van der Waals surface area contributed by atoms with Crippen LogP contribution in [0.2, 0.25) is 0 Å². The first-order valence-electron chi connectivity index (χ1n) is 6.45. The minimum absolute atomic E-state index is 0.208. The van der Waals surface area contributed by atoms with Crippen molar-refractivity contribution in [1.82, 2.24) is 10.6 Å². The lowest BCUT2D eigenvalue weighted by molar-refractivity contribution is 0.606. The largest absolute Gasteiger partial charge is 0.357 e. The average Bonchev–Trinajstić information content (AvgIpc) is 2.37. The molecule has 1 rings (SSSR count). The molecule has 0 aliphatic rings. The van der Waals surface area contributed by atoms with Crippen molar-refractivity contribution in [1.29, 1.82) is 0 Å². The van der Waals surface area contributed by atoms with Crippen molar-refractivity contribution in [3.63, 3.8) is 0 Å². The Morgan fingerprint density at radius 1 is 1.33 bits per heavy atom. The van der Waals surface area contributed by atoms with Crippen LogP contribution in [0, 0.1) is 5.82 Å². The fraction of sp³-hybridized carbons (Fsp3) is 0.500. The Morgan fingerprint density at radius 2 is 2.06 bits per heavy atom. The number of guanidine groups is 1. The second-order valence-corrected chi connectivity index (χ2v) is 4.24. The highest BCUT2D eigenvalue weighted by Gasteiger charge is 2.03. The van der Waals surface area contributed by atoms with Gasteiger partial charge >= 0.3 is 0 Å². The first-order valence-corrected chi connectivity index (χ1v) is 6.45. The van der Waals surface area contributed by atoms with Crippen LogP contribution in [-0.2, 0) is 6.54 Å². The van der Waals surface area contributed by atoms with Crippen LogP contribution in [0.1, 0.15) is 32.8 Å². The summed E-state index contributed by atoms with van der Waals surface area (Å²) in [6.45, 7) is 7.35. The van der Waals surface area contributed by atoms with Gasteiger partial charge in [-0.2, -0.15) is 0 Å². The quantitative estimate of drug-likeness (QED) is 0.623. The average molecular weight is 251 g/mol. The lowest BCUT2D eigenvalue weighted by atomic mass is 10.2. The molecular formula is C14H22FN3. The minimum atomic E-state index is -0.208. The predicted octanol–water partition coefficient (Wildman–Crippen LogP) is 2.68. The van der Waals surface area contributed by atoms with Gasteiger partial charge in [-0.25, -0.2) is 9.38 Å². The molecule has 0 aromatic heterocycles. The predicted molar refractivity (Wildman–Crippen MR) is 74.1 cm³/mol. The van der Waals surface area contributed by atoms with Gasteiger partial charge in [0, 0.05) is 18.2 Å². The number of nitrogens with zero attached hydrogens (tertiary/aromatic N) is 1. The number of nitrogens with one attached hydrogen (secondary N) is 2. The van der Waals surface area contributed by atoms with Crippen molar-refractivity contribution in [3.8, 4) is 0 Å². The van der Waals surface area contributed by atoms with Gasteiger partial charge in [0.2, 0.25) is 0 Å². The maximum absolute atomic E-state index is 13.4. The lowest BCUT2D eigenvalue weighted by Gasteiger charge is -2.16. The summed E-state index contributed by atoms with van der Waals surface area (Å²) in [5.74, 6) is 0.524. The summed E-state index contributed by atoms with van der Waals surface area (Å²) >= 11 is 0. The molecule has 0 bridgehead atoms. The first-order chi connectivity index (χ1) is 8.67. The zero-order valence-electron chi connectivity index (χ0n) is 11.3. The molecule has 18 heavy (non-hydrogen) atoms. The van der Waals surface area contributed by atoms with Gasteiger partial charge in [0.15, 0.2) is 5.96 Å². The molecule has 0 heterocycles. The number of aliphatic imine (C=N–C) groups is 1. The Labute approximate surface area is 109 Å². The van der Waals surface area contributed by atoms with E-state index in [1.54, 1.807) is 12.1 Å². The molecule has 0 spiro atoms. The summed E-state index contributed by atoms with van der Waals surface area (Å²) in [6.07, 6.45) is 1.02. The molecule has 0 saturated heterocycles. The highest BCUT2D eigenvalue weighted by Crippen LogP contribution is 2.07. The normalized spacial score (nSPS) is 13.2. The molecule has 1 unspecified atom stereocenters. The maximum Gasteiger partial charge on any atom is 0.191 e. The zero-order chi connectivity index (χ0) is 13.4. The van der Waals surface area contributed by atoms with Gasteiger partial charge in [0.05, 0.1) is 6.54 Å². The maximum atomic E-state index is 13.4. The van der Waals surface area contributed by atoms with Crippen molar-refractivity contribution in [2.75, 3.05) is 6.54 Å². The molecule has 0 amide bonds. The number of rotatable bonds is 5. The zero-order valence-corrected chi connectivity index (χ0v) is 11.3. The SMILES string of the molecule is CCNC(=NCc1ccccc1F)NC(C)CC. The van der Waals surface area contributed by atoms with Crippen LogP contribution >= 0.6 is 0 Å². The molecule has 3 nitrogen and oxygen atoms in total. The Hall–Kier alpha value is -1.58. The fourth-order valence-corrected chi connectivity index (χ4v) is 1.45. The van der Waals surface area contributed by atoms with Crippen LogP contribution in [0.15, 0.2) is 29.3 Å². The van der Waals surface area contributed by atoms with Gasteiger partial charge in [0.25, 0.3) is 0 Å². The van der Waals surface area contributed by atoms with Gasteiger partial charge in [-0.05, 0) is 26.3 Å². The number of benzene rings is 1. The number of hydrogen-bond donors (Lipinski definition) is 2. The van der Waals surface area contributed by atoms with Crippen LogP contribution in [0.4, 0.5) is 4.39 Å². The van der Waals surface area contributed by atoms with Crippen molar-refractivity contribution in [3.05, 3.63) is 35.6 Å². The third-order valence-electron chi connectivity index (χ3n) is 2.71. The van der Waals surface area contributed by atoms with E-state index in [0.29, 0.717) is 18.2 Å². The van der Waals surface area contributed by atoms with Gasteiger partial charge in [0.1, 0.15) is 5.82 Å². The van der Waals surface area contributed by atoms with E-state index in [1.807, 2.05) is 13.0 Å². The van der Waals surface area contributed by atoms with Crippen LogP contribution in [0.25, 0.3) is 0 Å². The molecule has 100 valence electrons. The molecule has 1 atom stereocenters. The van der Waals surface area contributed by atoms with Crippen molar-refractivity contribution < 1.29 is 4.39 Å². The van der Waals surface area contributed by atoms with Crippen LogP contribution < -0.4 is 10.6 Å². The summed E-state index contributed by atoms with van der Waals surface area (Å²) in [4.78, 5) is 4.39. The summed E-state index contributed by atoms with van der Waals surface area (Å²) in [5, 5.41) is 6.43. The van der Waals surface area contributed by atoms with E-state index >= 15 is 0 Å². The van der Waals surface area contributed by atoms with Crippen molar-refractivity contribution in [2.24, 2.45) is 4.99 Å². The highest BCUT2D eigenvalue weighted by atomic mass is 19.1. The van der Waals surface area contributed by atoms with Crippen LogP contribution in [-0.4, -0.2) is 18.5 Å². The molecule has 1 aromatic rings. The van der Waals surface area contributed by atoms with Gasteiger partial charge < -0.3 is 10.6 Å². The minimum Gasteiger partial charge on any atom is -0.357 e. The summed E-state index contributed by atoms with van der Waals surface area (Å²) < 4.78 is 13.4. The lowest BCUT2D eigenvalue weighted by Crippen LogP contribution is -2.41. The summed E-state index contributed by atoms with van der Waals surface area (Å²) in [6, 6.07) is 7.07. The van der Waals surface area contributed by atoms with E-state index in [0.717, 1.165) is 18.9 Å². The topological polar surface area (TPSA) is 36.4 Å². The van der Waals surface area contributed by atoms with E-state index in [9.17, 15) is 4.39 Å². The van der Waals surface area contributed by atoms with Gasteiger partial charge in [-0.1, -0.05) is 25.1 Å². The highest BCUT2D eigenvalue weighted by molar-refractivity contribution is 5.80. The van der Waals surface area contributed by atoms with E-state index in [-0.39, 0.29) is 5.82 Å². The van der Waals surface area contributed by atoms with Gasteiger partial charge in [-0.3, -0.25) is 0 Å². The molecule has 1 aromatic carbocycles. The molecule has 0 saturated carbocycles. The molecular weight excluding hydrogens is 229 g/mol. The van der Waals surface area contributed by atoms with Crippen LogP contribution in [0.3, 0.4) is 0 Å². The second kappa shape index (κ2) is 7.69. The summed E-state index contributed by atoms with van der Waals surface area (Å²) in [5.41, 5.74) is 0.610. The third kappa shape index (κ3) is 4.73. The first kappa shape index (κ1) is 14.5. The smallest absolute Gasteiger partial charge is 0.191 e. The van der Waals surface area contributed by atoms with Gasteiger partial charge in [-0.15, -0.1) is 0 Å². The molecule has 0 fully saturated rings. The molecule has 2 N–H and O–H groups in total. The standard InChI is InChI=1S/C14H22FN3/c1-4-11(3)18-14(16-5-2)17-10-12-8-6-7-9-13(12)15/h6-9,11H,4-5,10H2,1-3H3,(H2,16,17,18). The Balaban J connectivity index is 2.68. The molecule has 4 heteroatoms. The number of halogens is 1. The Kier molecular flexibility index (Phi) is 6.19. The van der Waals surface area contributed by atoms with E-state index < -0.39 is 0 Å². The Bertz CT molecular complexity index is 390. The molecule has 0 radical (unpaired) electrons. The summed E-state index contributed by atoms with van der Waals surface area (Å²) in [7, 11) is 0. The van der Waals surface area contributed by atoms with E-state index in [1.165, 1.54) is 6.07 Å². The van der Waals surface area contributed by atoms with Crippen molar-refractivity contribution >= 4 is 5.96 Å². The molecule has 0 aliphatic heterocycles. The monoisotopic (exact) mass is 251 g/mol. The molecule has 0 aliphatic carbocycles. The van der Waals surface area contributed by atoms with E-state index in [2.05, 4.69) is 29.5 Å². The number of hydrogen-bond acceptors (Lipinski definition) is 1. The fourth-order valence-electron chi connectivity index (χ4n) is 1.45. The third-order valence-corrected chi connectivity index (χ3v) is 2.71. The van der Waals surface area contributed by atoms with Crippen LogP contribution in [0.5, 0.6) is 0 Å².